The molecule has 1 saturated carbocycles. The molecule has 1 atom stereocenters. The third kappa shape index (κ3) is 3.31. The van der Waals surface area contributed by atoms with Crippen molar-refractivity contribution in [2.75, 3.05) is 26.2 Å². The van der Waals surface area contributed by atoms with Crippen molar-refractivity contribution in [3.8, 4) is 5.75 Å². The highest BCUT2D eigenvalue weighted by atomic mass is 16.5. The molecule has 128 valence electrons. The number of nitrogens with one attached hydrogen (secondary N) is 1. The molecule has 1 aliphatic carbocycles. The summed E-state index contributed by atoms with van der Waals surface area (Å²) in [5, 5.41) is 12.4. The second kappa shape index (κ2) is 6.32. The van der Waals surface area contributed by atoms with Crippen LogP contribution in [-0.2, 0) is 0 Å². The van der Waals surface area contributed by atoms with Gasteiger partial charge < -0.3 is 24.5 Å². The lowest BCUT2D eigenvalue weighted by Gasteiger charge is -2.31. The molecule has 0 unspecified atom stereocenters. The number of oxazole rings is 1. The molecule has 1 amide bonds. The molecular formula is C17H21N3O4. The normalized spacial score (nSPS) is 21.2. The number of carbonyl (C=O) groups is 1. The standard InChI is InChI=1S/C17H21N3O4/c21-17(22)20-7-6-18-12(10-20)5-8-23-13-3-4-15-14(9-13)19-16(24-15)11-1-2-11/h3-4,9,11-12,18H,1-2,5-8,10H2,(H,21,22)/t12-/m1/s1. The quantitative estimate of drug-likeness (QED) is 0.875. The van der Waals surface area contributed by atoms with E-state index >= 15 is 0 Å². The van der Waals surface area contributed by atoms with Crippen LogP contribution in [-0.4, -0.2) is 53.4 Å². The SMILES string of the molecule is O=C(O)N1CCN[C@H](CCOc2ccc3oc(C4CC4)nc3c2)C1. The van der Waals surface area contributed by atoms with Gasteiger partial charge >= 0.3 is 6.09 Å². The molecule has 2 heterocycles. The molecule has 0 bridgehead atoms. The predicted molar refractivity (Wildman–Crippen MR) is 87.5 cm³/mol. The van der Waals surface area contributed by atoms with E-state index < -0.39 is 6.09 Å². The van der Waals surface area contributed by atoms with E-state index in [1.54, 1.807) is 0 Å². The summed E-state index contributed by atoms with van der Waals surface area (Å²) in [4.78, 5) is 17.0. The Labute approximate surface area is 139 Å². The number of amides is 1. The Balaban J connectivity index is 1.32. The minimum absolute atomic E-state index is 0.132. The van der Waals surface area contributed by atoms with E-state index in [1.807, 2.05) is 18.2 Å². The lowest BCUT2D eigenvalue weighted by Crippen LogP contribution is -2.52. The Kier molecular flexibility index (Phi) is 4.02. The Morgan fingerprint density at radius 2 is 2.33 bits per heavy atom. The van der Waals surface area contributed by atoms with Gasteiger partial charge in [-0.15, -0.1) is 0 Å². The number of nitrogens with zero attached hydrogens (tertiary/aromatic N) is 2. The molecule has 2 aliphatic rings. The fourth-order valence-corrected chi connectivity index (χ4v) is 3.03. The van der Waals surface area contributed by atoms with Crippen LogP contribution < -0.4 is 10.1 Å². The van der Waals surface area contributed by atoms with Crippen LogP contribution in [0.2, 0.25) is 0 Å². The Morgan fingerprint density at radius 3 is 3.12 bits per heavy atom. The first-order valence-electron chi connectivity index (χ1n) is 8.43. The van der Waals surface area contributed by atoms with Crippen LogP contribution >= 0.6 is 0 Å². The fraction of sp³-hybridized carbons (Fsp3) is 0.529. The van der Waals surface area contributed by atoms with Gasteiger partial charge in [0.1, 0.15) is 11.3 Å². The van der Waals surface area contributed by atoms with Crippen LogP contribution in [0.5, 0.6) is 5.75 Å². The number of benzene rings is 1. The third-order valence-electron chi connectivity index (χ3n) is 4.56. The molecule has 24 heavy (non-hydrogen) atoms. The van der Waals surface area contributed by atoms with Gasteiger partial charge in [-0.3, -0.25) is 0 Å². The summed E-state index contributed by atoms with van der Waals surface area (Å²) in [6.07, 6.45) is 2.23. The number of aromatic nitrogens is 1. The molecular weight excluding hydrogens is 310 g/mol. The summed E-state index contributed by atoms with van der Waals surface area (Å²) >= 11 is 0. The lowest BCUT2D eigenvalue weighted by molar-refractivity contribution is 0.124. The molecule has 1 aliphatic heterocycles. The zero-order valence-electron chi connectivity index (χ0n) is 13.4. The van der Waals surface area contributed by atoms with Gasteiger partial charge in [0.05, 0.1) is 6.61 Å². The molecule has 1 saturated heterocycles. The molecule has 0 spiro atoms. The highest BCUT2D eigenvalue weighted by Crippen LogP contribution is 2.40. The summed E-state index contributed by atoms with van der Waals surface area (Å²) in [7, 11) is 0. The van der Waals surface area contributed by atoms with Gasteiger partial charge in [0.2, 0.25) is 0 Å². The first-order chi connectivity index (χ1) is 11.7. The van der Waals surface area contributed by atoms with Crippen molar-refractivity contribution in [2.24, 2.45) is 0 Å². The molecule has 0 radical (unpaired) electrons. The van der Waals surface area contributed by atoms with Crippen molar-refractivity contribution in [2.45, 2.75) is 31.2 Å². The van der Waals surface area contributed by atoms with Crippen LogP contribution in [0.4, 0.5) is 4.79 Å². The smallest absolute Gasteiger partial charge is 0.407 e. The van der Waals surface area contributed by atoms with Gasteiger partial charge in [0.15, 0.2) is 11.5 Å². The number of rotatable bonds is 5. The highest BCUT2D eigenvalue weighted by molar-refractivity contribution is 5.74. The third-order valence-corrected chi connectivity index (χ3v) is 4.56. The largest absolute Gasteiger partial charge is 0.493 e. The second-order valence-electron chi connectivity index (χ2n) is 6.47. The van der Waals surface area contributed by atoms with Crippen LogP contribution in [0.15, 0.2) is 22.6 Å². The number of piperazine rings is 1. The van der Waals surface area contributed by atoms with E-state index in [9.17, 15) is 4.79 Å². The van der Waals surface area contributed by atoms with Crippen LogP contribution in [0.1, 0.15) is 31.1 Å². The van der Waals surface area contributed by atoms with Crippen molar-refractivity contribution in [3.63, 3.8) is 0 Å². The summed E-state index contributed by atoms with van der Waals surface area (Å²) < 4.78 is 11.6. The van der Waals surface area contributed by atoms with Crippen molar-refractivity contribution < 1.29 is 19.1 Å². The average Bonchev–Trinajstić information content (AvgIpc) is 3.35. The topological polar surface area (TPSA) is 87.8 Å². The summed E-state index contributed by atoms with van der Waals surface area (Å²) in [5.74, 6) is 2.10. The van der Waals surface area contributed by atoms with Crippen LogP contribution in [0, 0.1) is 0 Å². The van der Waals surface area contributed by atoms with Gasteiger partial charge in [-0.2, -0.15) is 0 Å². The number of hydrogen-bond donors (Lipinski definition) is 2. The van der Waals surface area contributed by atoms with E-state index in [-0.39, 0.29) is 6.04 Å². The second-order valence-corrected chi connectivity index (χ2v) is 6.47. The Hall–Kier alpha value is -2.28. The molecule has 4 rings (SSSR count). The number of fused-ring (bicyclic) bond motifs is 1. The zero-order chi connectivity index (χ0) is 16.5. The van der Waals surface area contributed by atoms with Gasteiger partial charge in [-0.05, 0) is 31.4 Å². The highest BCUT2D eigenvalue weighted by Gasteiger charge is 2.29. The van der Waals surface area contributed by atoms with Crippen molar-refractivity contribution >= 4 is 17.2 Å². The maximum atomic E-state index is 11.0. The first kappa shape index (κ1) is 15.3. The average molecular weight is 331 g/mol. The van der Waals surface area contributed by atoms with Crippen molar-refractivity contribution in [1.29, 1.82) is 0 Å². The van der Waals surface area contributed by atoms with Crippen LogP contribution in [0.25, 0.3) is 11.1 Å². The van der Waals surface area contributed by atoms with E-state index in [2.05, 4.69) is 10.3 Å². The zero-order valence-corrected chi connectivity index (χ0v) is 13.4. The lowest BCUT2D eigenvalue weighted by atomic mass is 10.1. The summed E-state index contributed by atoms with van der Waals surface area (Å²) in [6, 6.07) is 5.83. The van der Waals surface area contributed by atoms with Crippen molar-refractivity contribution in [3.05, 3.63) is 24.1 Å². The number of hydrogen-bond acceptors (Lipinski definition) is 5. The summed E-state index contributed by atoms with van der Waals surface area (Å²) in [5.41, 5.74) is 1.64. The number of ether oxygens (including phenoxy) is 1. The molecule has 2 N–H and O–H groups in total. The Morgan fingerprint density at radius 1 is 1.46 bits per heavy atom. The van der Waals surface area contributed by atoms with E-state index in [4.69, 9.17) is 14.3 Å². The summed E-state index contributed by atoms with van der Waals surface area (Å²) in [6.45, 7) is 2.26. The molecule has 7 heteroatoms. The molecule has 2 aromatic rings. The Bertz CT molecular complexity index is 741. The van der Waals surface area contributed by atoms with Crippen LogP contribution in [0.3, 0.4) is 0 Å². The van der Waals surface area contributed by atoms with E-state index in [0.717, 1.165) is 42.0 Å². The minimum atomic E-state index is -0.856. The molecule has 2 fully saturated rings. The molecule has 1 aromatic heterocycles. The van der Waals surface area contributed by atoms with E-state index in [0.29, 0.717) is 32.2 Å². The number of carboxylic acid groups (broad SMARTS) is 1. The fourth-order valence-electron chi connectivity index (χ4n) is 3.03. The van der Waals surface area contributed by atoms with Gasteiger partial charge in [0.25, 0.3) is 0 Å². The van der Waals surface area contributed by atoms with Gasteiger partial charge in [-0.1, -0.05) is 0 Å². The maximum Gasteiger partial charge on any atom is 0.407 e. The molecule has 1 aromatic carbocycles. The van der Waals surface area contributed by atoms with E-state index in [1.165, 1.54) is 4.90 Å². The maximum absolute atomic E-state index is 11.0. The predicted octanol–water partition coefficient (Wildman–Crippen LogP) is 2.43. The first-order valence-corrected chi connectivity index (χ1v) is 8.43. The molecule has 7 nitrogen and oxygen atoms in total. The van der Waals surface area contributed by atoms with Crippen molar-refractivity contribution in [1.82, 2.24) is 15.2 Å². The van der Waals surface area contributed by atoms with Gasteiger partial charge in [0, 0.05) is 37.7 Å². The minimum Gasteiger partial charge on any atom is -0.493 e. The monoisotopic (exact) mass is 331 g/mol. The van der Waals surface area contributed by atoms with Gasteiger partial charge in [-0.25, -0.2) is 9.78 Å².